The predicted octanol–water partition coefficient (Wildman–Crippen LogP) is 5.47. The van der Waals surface area contributed by atoms with Crippen LogP contribution in [0.2, 0.25) is 0 Å². The van der Waals surface area contributed by atoms with Crippen LogP contribution in [0.4, 0.5) is 11.4 Å². The van der Waals surface area contributed by atoms with Crippen molar-refractivity contribution >= 4 is 62.5 Å². The molecular formula is C25H27N3O4S2. The second-order valence-electron chi connectivity index (χ2n) is 8.70. The Labute approximate surface area is 206 Å². The molecule has 0 saturated heterocycles. The van der Waals surface area contributed by atoms with Crippen molar-refractivity contribution in [1.82, 2.24) is 4.98 Å². The Morgan fingerprint density at radius 2 is 1.71 bits per heavy atom. The van der Waals surface area contributed by atoms with Crippen molar-refractivity contribution in [2.24, 2.45) is 11.8 Å². The fourth-order valence-electron chi connectivity index (χ4n) is 4.39. The number of carbonyl (C=O) groups excluding carboxylic acids is 2. The van der Waals surface area contributed by atoms with Gasteiger partial charge >= 0.3 is 5.97 Å². The lowest BCUT2D eigenvalue weighted by atomic mass is 9.78. The lowest BCUT2D eigenvalue weighted by molar-refractivity contribution is -0.147. The topological polar surface area (TPSA) is 108 Å². The molecule has 7 nitrogen and oxygen atoms in total. The molecule has 1 aliphatic rings. The van der Waals surface area contributed by atoms with Crippen LogP contribution in [0.5, 0.6) is 0 Å². The minimum absolute atomic E-state index is 0.0947. The highest BCUT2D eigenvalue weighted by molar-refractivity contribution is 8.01. The molecule has 0 bridgehead atoms. The quantitative estimate of drug-likeness (QED) is 0.373. The fourth-order valence-corrected chi connectivity index (χ4v) is 6.30. The van der Waals surface area contributed by atoms with Crippen LogP contribution in [-0.2, 0) is 14.4 Å². The zero-order chi connectivity index (χ0) is 24.2. The summed E-state index contributed by atoms with van der Waals surface area (Å²) in [5.74, 6) is -2.13. The number of aromatic nitrogens is 1. The van der Waals surface area contributed by atoms with Gasteiger partial charge in [-0.2, -0.15) is 0 Å². The second-order valence-corrected chi connectivity index (χ2v) is 11.0. The summed E-state index contributed by atoms with van der Waals surface area (Å²) in [6.45, 7) is 3.99. The first-order chi connectivity index (χ1) is 16.3. The SMILES string of the molecule is Cc1cc(C)cc(NC(=O)CSc2nc3ccc(NC(=O)[C@H]4CCCC[C@@H]4C(=O)O)cc3s2)c1. The molecule has 2 amide bonds. The molecule has 4 rings (SSSR count). The summed E-state index contributed by atoms with van der Waals surface area (Å²) in [5, 5.41) is 15.3. The van der Waals surface area contributed by atoms with Gasteiger partial charge in [-0.1, -0.05) is 30.7 Å². The number of carbonyl (C=O) groups is 3. The Bertz CT molecular complexity index is 1220. The van der Waals surface area contributed by atoms with E-state index in [1.807, 2.05) is 38.1 Å². The van der Waals surface area contributed by atoms with Crippen molar-refractivity contribution < 1.29 is 19.5 Å². The number of rotatable bonds is 7. The average Bonchev–Trinajstić information content (AvgIpc) is 3.19. The zero-order valence-electron chi connectivity index (χ0n) is 19.1. The Hall–Kier alpha value is -2.91. The summed E-state index contributed by atoms with van der Waals surface area (Å²) < 4.78 is 1.67. The summed E-state index contributed by atoms with van der Waals surface area (Å²) in [5.41, 5.74) is 4.40. The molecule has 2 aromatic carbocycles. The number of hydrogen-bond donors (Lipinski definition) is 3. The van der Waals surface area contributed by atoms with Gasteiger partial charge in [0.1, 0.15) is 0 Å². The fraction of sp³-hybridized carbons (Fsp3) is 0.360. The first-order valence-electron chi connectivity index (χ1n) is 11.2. The minimum atomic E-state index is -0.902. The molecule has 34 heavy (non-hydrogen) atoms. The maximum atomic E-state index is 12.8. The van der Waals surface area contributed by atoms with Gasteiger partial charge in [-0.15, -0.1) is 11.3 Å². The number of amides is 2. The Balaban J connectivity index is 1.37. The number of hydrogen-bond acceptors (Lipinski definition) is 6. The van der Waals surface area contributed by atoms with E-state index in [2.05, 4.69) is 21.7 Å². The molecule has 0 aliphatic heterocycles. The summed E-state index contributed by atoms with van der Waals surface area (Å²) >= 11 is 2.83. The first kappa shape index (κ1) is 24.2. The van der Waals surface area contributed by atoms with Crippen LogP contribution < -0.4 is 10.6 Å². The van der Waals surface area contributed by atoms with Crippen LogP contribution in [-0.4, -0.2) is 33.6 Å². The van der Waals surface area contributed by atoms with E-state index in [0.717, 1.165) is 44.2 Å². The molecule has 2 atom stereocenters. The second kappa shape index (κ2) is 10.6. The molecule has 3 N–H and O–H groups in total. The molecule has 0 spiro atoms. The van der Waals surface area contributed by atoms with Crippen molar-refractivity contribution in [3.05, 3.63) is 47.5 Å². The van der Waals surface area contributed by atoms with E-state index in [1.54, 1.807) is 6.07 Å². The molecule has 1 fully saturated rings. The van der Waals surface area contributed by atoms with Gasteiger partial charge in [0.05, 0.1) is 27.8 Å². The van der Waals surface area contributed by atoms with Gasteiger partial charge in [0.25, 0.3) is 0 Å². The number of carboxylic acids is 1. The van der Waals surface area contributed by atoms with Crippen molar-refractivity contribution in [2.45, 2.75) is 43.9 Å². The smallest absolute Gasteiger partial charge is 0.307 e. The minimum Gasteiger partial charge on any atom is -0.481 e. The van der Waals surface area contributed by atoms with E-state index in [1.165, 1.54) is 23.1 Å². The van der Waals surface area contributed by atoms with Crippen LogP contribution in [0, 0.1) is 25.7 Å². The molecule has 3 aromatic rings. The van der Waals surface area contributed by atoms with Crippen molar-refractivity contribution in [2.75, 3.05) is 16.4 Å². The summed E-state index contributed by atoms with van der Waals surface area (Å²) in [7, 11) is 0. The number of fused-ring (bicyclic) bond motifs is 1. The highest BCUT2D eigenvalue weighted by atomic mass is 32.2. The van der Waals surface area contributed by atoms with E-state index < -0.39 is 17.8 Å². The van der Waals surface area contributed by atoms with E-state index in [9.17, 15) is 19.5 Å². The third-order valence-corrected chi connectivity index (χ3v) is 8.05. The predicted molar refractivity (Wildman–Crippen MR) is 137 cm³/mol. The van der Waals surface area contributed by atoms with Crippen LogP contribution in [0.25, 0.3) is 10.2 Å². The summed E-state index contributed by atoms with van der Waals surface area (Å²) in [4.78, 5) is 41.2. The van der Waals surface area contributed by atoms with Crippen LogP contribution in [0.3, 0.4) is 0 Å². The van der Waals surface area contributed by atoms with Crippen LogP contribution >= 0.6 is 23.1 Å². The number of aryl methyl sites for hydroxylation is 2. The summed E-state index contributed by atoms with van der Waals surface area (Å²) in [6.07, 6.45) is 2.85. The van der Waals surface area contributed by atoms with E-state index in [0.29, 0.717) is 18.5 Å². The van der Waals surface area contributed by atoms with Crippen molar-refractivity contribution in [1.29, 1.82) is 0 Å². The van der Waals surface area contributed by atoms with Crippen molar-refractivity contribution in [3.63, 3.8) is 0 Å². The molecule has 1 saturated carbocycles. The third kappa shape index (κ3) is 5.95. The molecule has 9 heteroatoms. The van der Waals surface area contributed by atoms with E-state index >= 15 is 0 Å². The molecule has 178 valence electrons. The Kier molecular flexibility index (Phi) is 7.53. The first-order valence-corrected chi connectivity index (χ1v) is 13.0. The number of benzene rings is 2. The zero-order valence-corrected chi connectivity index (χ0v) is 20.7. The van der Waals surface area contributed by atoms with Gasteiger partial charge in [0.15, 0.2) is 4.34 Å². The molecular weight excluding hydrogens is 470 g/mol. The number of anilines is 2. The lowest BCUT2D eigenvalue weighted by Crippen LogP contribution is -2.36. The molecule has 0 radical (unpaired) electrons. The van der Waals surface area contributed by atoms with E-state index in [4.69, 9.17) is 0 Å². The molecule has 0 unspecified atom stereocenters. The maximum absolute atomic E-state index is 12.8. The highest BCUT2D eigenvalue weighted by Gasteiger charge is 2.35. The van der Waals surface area contributed by atoms with Gasteiger partial charge in [-0.25, -0.2) is 4.98 Å². The average molecular weight is 498 g/mol. The molecule has 1 heterocycles. The molecule has 1 aliphatic carbocycles. The van der Waals surface area contributed by atoms with Gasteiger partial charge in [-0.3, -0.25) is 14.4 Å². The number of thiazole rings is 1. The Morgan fingerprint density at radius 3 is 2.41 bits per heavy atom. The number of carboxylic acid groups (broad SMARTS) is 1. The number of aliphatic carboxylic acids is 1. The number of nitrogens with zero attached hydrogens (tertiary/aromatic N) is 1. The number of nitrogens with one attached hydrogen (secondary N) is 2. The van der Waals surface area contributed by atoms with E-state index in [-0.39, 0.29) is 17.6 Å². The number of thioether (sulfide) groups is 1. The van der Waals surface area contributed by atoms with Crippen LogP contribution in [0.1, 0.15) is 36.8 Å². The van der Waals surface area contributed by atoms with Gasteiger partial charge in [-0.05, 0) is 68.1 Å². The summed E-state index contributed by atoms with van der Waals surface area (Å²) in [6, 6.07) is 11.4. The standard InChI is InChI=1S/C25H27N3O4S2/c1-14-9-15(2)11-17(10-14)26-22(29)13-33-25-28-20-8-7-16(12-21(20)34-25)27-23(30)18-5-3-4-6-19(18)24(31)32/h7-12,18-19H,3-6,13H2,1-2H3,(H,26,29)(H,27,30)(H,31,32)/t18-,19-/m0/s1. The molecule has 1 aromatic heterocycles. The monoisotopic (exact) mass is 497 g/mol. The van der Waals surface area contributed by atoms with Gasteiger partial charge < -0.3 is 15.7 Å². The largest absolute Gasteiger partial charge is 0.481 e. The lowest BCUT2D eigenvalue weighted by Gasteiger charge is -2.27. The van der Waals surface area contributed by atoms with Crippen LogP contribution in [0.15, 0.2) is 40.7 Å². The van der Waals surface area contributed by atoms with Crippen molar-refractivity contribution in [3.8, 4) is 0 Å². The maximum Gasteiger partial charge on any atom is 0.307 e. The van der Waals surface area contributed by atoms with Gasteiger partial charge in [0.2, 0.25) is 11.8 Å². The Morgan fingerprint density at radius 1 is 1.00 bits per heavy atom. The third-order valence-electron chi connectivity index (χ3n) is 5.89. The highest BCUT2D eigenvalue weighted by Crippen LogP contribution is 2.33. The van der Waals surface area contributed by atoms with Gasteiger partial charge in [0, 0.05) is 11.4 Å². The normalized spacial score (nSPS) is 17.9.